The van der Waals surface area contributed by atoms with Crippen LogP contribution in [0, 0.1) is 23.5 Å². The molecule has 1 N–H and O–H groups in total. The van der Waals surface area contributed by atoms with Gasteiger partial charge in [0.1, 0.15) is 5.82 Å². The van der Waals surface area contributed by atoms with E-state index in [1.807, 2.05) is 12.1 Å². The SMILES string of the molecule is Cc1cc(F)ccc1C(=O)Nc1c(I)cc(I)cc1I. The molecule has 0 aromatic heterocycles. The fourth-order valence-electron chi connectivity index (χ4n) is 1.72. The van der Waals surface area contributed by atoms with E-state index in [1.165, 1.54) is 18.2 Å². The Kier molecular flexibility index (Phi) is 5.63. The molecule has 0 radical (unpaired) electrons. The van der Waals surface area contributed by atoms with E-state index in [0.29, 0.717) is 11.1 Å². The van der Waals surface area contributed by atoms with E-state index >= 15 is 0 Å². The normalized spacial score (nSPS) is 10.4. The molecule has 0 spiro atoms. The topological polar surface area (TPSA) is 29.1 Å². The number of nitrogens with one attached hydrogen (secondary N) is 1. The van der Waals surface area contributed by atoms with Gasteiger partial charge in [-0.1, -0.05) is 0 Å². The first-order valence-electron chi connectivity index (χ1n) is 5.60. The quantitative estimate of drug-likeness (QED) is 0.468. The van der Waals surface area contributed by atoms with Crippen LogP contribution in [0.4, 0.5) is 10.1 Å². The lowest BCUT2D eigenvalue weighted by Crippen LogP contribution is -2.15. The fraction of sp³-hybridized carbons (Fsp3) is 0.0714. The number of rotatable bonds is 2. The first-order valence-corrected chi connectivity index (χ1v) is 8.84. The Morgan fingerprint density at radius 3 is 2.25 bits per heavy atom. The third kappa shape index (κ3) is 3.81. The third-order valence-electron chi connectivity index (χ3n) is 2.68. The average molecular weight is 607 g/mol. The maximum atomic E-state index is 13.1. The van der Waals surface area contributed by atoms with Crippen molar-refractivity contribution in [3.63, 3.8) is 0 Å². The van der Waals surface area contributed by atoms with Gasteiger partial charge in [0.2, 0.25) is 0 Å². The van der Waals surface area contributed by atoms with Crippen LogP contribution in [0.15, 0.2) is 30.3 Å². The Morgan fingerprint density at radius 1 is 1.10 bits per heavy atom. The highest BCUT2D eigenvalue weighted by molar-refractivity contribution is 14.1. The van der Waals surface area contributed by atoms with Crippen LogP contribution in [-0.4, -0.2) is 5.91 Å². The van der Waals surface area contributed by atoms with Crippen LogP contribution < -0.4 is 5.32 Å². The molecule has 2 rings (SSSR count). The minimum atomic E-state index is -0.336. The van der Waals surface area contributed by atoms with Crippen LogP contribution in [-0.2, 0) is 0 Å². The molecular formula is C14H9FI3NO. The highest BCUT2D eigenvalue weighted by atomic mass is 127. The van der Waals surface area contributed by atoms with E-state index in [0.717, 1.165) is 16.4 Å². The van der Waals surface area contributed by atoms with Crippen molar-refractivity contribution in [1.82, 2.24) is 0 Å². The van der Waals surface area contributed by atoms with E-state index in [4.69, 9.17) is 0 Å². The van der Waals surface area contributed by atoms with E-state index in [1.54, 1.807) is 6.92 Å². The van der Waals surface area contributed by atoms with Gasteiger partial charge >= 0.3 is 0 Å². The van der Waals surface area contributed by atoms with E-state index in [2.05, 4.69) is 73.1 Å². The van der Waals surface area contributed by atoms with E-state index in [9.17, 15) is 9.18 Å². The number of halogens is 4. The second kappa shape index (κ2) is 6.86. The van der Waals surface area contributed by atoms with Crippen LogP contribution in [0.1, 0.15) is 15.9 Å². The molecule has 0 bridgehead atoms. The second-order valence-electron chi connectivity index (χ2n) is 4.16. The minimum absolute atomic E-state index is 0.223. The third-order valence-corrected chi connectivity index (χ3v) is 5.00. The number of carbonyl (C=O) groups excluding carboxylic acids is 1. The zero-order chi connectivity index (χ0) is 14.9. The first-order chi connectivity index (χ1) is 9.38. The van der Waals surface area contributed by atoms with Gasteiger partial charge < -0.3 is 5.32 Å². The summed E-state index contributed by atoms with van der Waals surface area (Å²) in [6.45, 7) is 1.72. The second-order valence-corrected chi connectivity index (χ2v) is 7.73. The maximum absolute atomic E-state index is 13.1. The summed E-state index contributed by atoms with van der Waals surface area (Å²) < 4.78 is 16.2. The molecule has 2 aromatic rings. The van der Waals surface area contributed by atoms with E-state index in [-0.39, 0.29) is 11.7 Å². The zero-order valence-corrected chi connectivity index (χ0v) is 16.8. The molecule has 2 nitrogen and oxygen atoms in total. The number of amides is 1. The minimum Gasteiger partial charge on any atom is -0.320 e. The summed E-state index contributed by atoms with van der Waals surface area (Å²) in [7, 11) is 0. The van der Waals surface area contributed by atoms with E-state index < -0.39 is 0 Å². The molecule has 6 heteroatoms. The van der Waals surface area contributed by atoms with Gasteiger partial charge in [-0.2, -0.15) is 0 Å². The van der Waals surface area contributed by atoms with Crippen molar-refractivity contribution in [3.05, 3.63) is 58.0 Å². The van der Waals surface area contributed by atoms with Gasteiger partial charge in [0, 0.05) is 16.3 Å². The van der Waals surface area contributed by atoms with Crippen LogP contribution in [0.5, 0.6) is 0 Å². The number of anilines is 1. The van der Waals surface area contributed by atoms with Crippen molar-refractivity contribution in [2.75, 3.05) is 5.32 Å². The van der Waals surface area contributed by atoms with Crippen molar-refractivity contribution in [2.45, 2.75) is 6.92 Å². The lowest BCUT2D eigenvalue weighted by molar-refractivity contribution is 0.102. The van der Waals surface area contributed by atoms with Gasteiger partial charge in [-0.3, -0.25) is 4.79 Å². The molecule has 2 aromatic carbocycles. The fourth-order valence-corrected chi connectivity index (χ4v) is 5.58. The predicted octanol–water partition coefficient (Wildman–Crippen LogP) is 5.20. The van der Waals surface area contributed by atoms with Gasteiger partial charge in [0.15, 0.2) is 0 Å². The van der Waals surface area contributed by atoms with Crippen molar-refractivity contribution >= 4 is 79.4 Å². The highest BCUT2D eigenvalue weighted by Crippen LogP contribution is 2.28. The van der Waals surface area contributed by atoms with Gasteiger partial charge in [0.25, 0.3) is 5.91 Å². The number of benzene rings is 2. The van der Waals surface area contributed by atoms with Gasteiger partial charge in [-0.05, 0) is 111 Å². The summed E-state index contributed by atoms with van der Waals surface area (Å²) in [6.07, 6.45) is 0. The Bertz CT molecular complexity index is 665. The van der Waals surface area contributed by atoms with Crippen LogP contribution >= 0.6 is 67.8 Å². The molecule has 104 valence electrons. The highest BCUT2D eigenvalue weighted by Gasteiger charge is 2.14. The molecule has 0 fully saturated rings. The Balaban J connectivity index is 2.33. The van der Waals surface area contributed by atoms with Crippen molar-refractivity contribution in [3.8, 4) is 0 Å². The molecular weight excluding hydrogens is 598 g/mol. The number of carbonyl (C=O) groups is 1. The summed E-state index contributed by atoms with van der Waals surface area (Å²) in [4.78, 5) is 12.3. The van der Waals surface area contributed by atoms with Crippen molar-refractivity contribution in [1.29, 1.82) is 0 Å². The number of aryl methyl sites for hydroxylation is 1. The van der Waals surface area contributed by atoms with Gasteiger partial charge in [-0.25, -0.2) is 4.39 Å². The number of hydrogen-bond donors (Lipinski definition) is 1. The zero-order valence-electron chi connectivity index (χ0n) is 10.3. The van der Waals surface area contributed by atoms with Crippen LogP contribution in [0.25, 0.3) is 0 Å². The lowest BCUT2D eigenvalue weighted by atomic mass is 10.1. The summed E-state index contributed by atoms with van der Waals surface area (Å²) in [5.74, 6) is -0.558. The summed E-state index contributed by atoms with van der Waals surface area (Å²) in [5.41, 5.74) is 1.90. The summed E-state index contributed by atoms with van der Waals surface area (Å²) in [5, 5.41) is 2.90. The molecule has 0 saturated heterocycles. The van der Waals surface area contributed by atoms with Crippen molar-refractivity contribution in [2.24, 2.45) is 0 Å². The lowest BCUT2D eigenvalue weighted by Gasteiger charge is -2.12. The molecule has 0 heterocycles. The molecule has 0 aliphatic heterocycles. The largest absolute Gasteiger partial charge is 0.320 e. The predicted molar refractivity (Wildman–Crippen MR) is 104 cm³/mol. The van der Waals surface area contributed by atoms with Crippen LogP contribution in [0.2, 0.25) is 0 Å². The Labute approximate surface area is 157 Å². The van der Waals surface area contributed by atoms with Gasteiger partial charge in [0.05, 0.1) is 5.69 Å². The van der Waals surface area contributed by atoms with Gasteiger partial charge in [-0.15, -0.1) is 0 Å². The molecule has 0 atom stereocenters. The standard InChI is InChI=1S/C14H9FI3NO/c1-7-4-8(15)2-3-10(7)14(20)19-13-11(17)5-9(16)6-12(13)18/h2-6H,1H3,(H,19,20). The number of hydrogen-bond acceptors (Lipinski definition) is 1. The molecule has 0 unspecified atom stereocenters. The maximum Gasteiger partial charge on any atom is 0.255 e. The Morgan fingerprint density at radius 2 is 1.70 bits per heavy atom. The molecule has 0 aliphatic carbocycles. The average Bonchev–Trinajstić information content (AvgIpc) is 2.33. The van der Waals surface area contributed by atoms with Crippen molar-refractivity contribution < 1.29 is 9.18 Å². The summed E-state index contributed by atoms with van der Waals surface area (Å²) >= 11 is 6.63. The molecule has 20 heavy (non-hydrogen) atoms. The Hall–Kier alpha value is 0.0300. The molecule has 1 amide bonds. The molecule has 0 aliphatic rings. The summed E-state index contributed by atoms with van der Waals surface area (Å²) in [6, 6.07) is 8.16. The monoisotopic (exact) mass is 607 g/mol. The first kappa shape index (κ1) is 16.4. The van der Waals surface area contributed by atoms with Crippen LogP contribution in [0.3, 0.4) is 0 Å². The smallest absolute Gasteiger partial charge is 0.255 e. The molecule has 0 saturated carbocycles.